The lowest BCUT2D eigenvalue weighted by atomic mass is 10.0. The summed E-state index contributed by atoms with van der Waals surface area (Å²) in [6.45, 7) is 2.10. The van der Waals surface area contributed by atoms with Gasteiger partial charge in [-0.05, 0) is 65.9 Å². The Morgan fingerprint density at radius 3 is 2.53 bits per heavy atom. The van der Waals surface area contributed by atoms with Crippen molar-refractivity contribution < 1.29 is 37.3 Å². The van der Waals surface area contributed by atoms with Crippen molar-refractivity contribution in [3.05, 3.63) is 88.2 Å². The van der Waals surface area contributed by atoms with E-state index < -0.39 is 29.7 Å². The third-order valence-electron chi connectivity index (χ3n) is 5.58. The fourth-order valence-electron chi connectivity index (χ4n) is 3.70. The molecule has 6 nitrogen and oxygen atoms in total. The first-order valence-corrected chi connectivity index (χ1v) is 11.3. The van der Waals surface area contributed by atoms with Crippen LogP contribution < -0.4 is 10.1 Å². The van der Waals surface area contributed by atoms with E-state index in [1.54, 1.807) is 30.3 Å². The van der Waals surface area contributed by atoms with Gasteiger partial charge in [0.15, 0.2) is 0 Å². The van der Waals surface area contributed by atoms with E-state index in [4.69, 9.17) is 14.6 Å². The van der Waals surface area contributed by atoms with Crippen LogP contribution in [-0.4, -0.2) is 36.4 Å². The van der Waals surface area contributed by atoms with E-state index in [9.17, 15) is 22.8 Å². The summed E-state index contributed by atoms with van der Waals surface area (Å²) in [5.41, 5.74) is 4.11. The van der Waals surface area contributed by atoms with Crippen molar-refractivity contribution in [1.82, 2.24) is 5.32 Å². The minimum absolute atomic E-state index is 0.0482. The monoisotopic (exact) mass is 501 g/mol. The Kier molecular flexibility index (Phi) is 8.74. The summed E-state index contributed by atoms with van der Waals surface area (Å²) in [5, 5.41) is 11.6. The number of carboxylic acids is 1. The number of carboxylic acid groups (broad SMARTS) is 1. The molecule has 0 aromatic heterocycles. The SMILES string of the molecule is CCc1cc(Oc2cccc(CNC(=O)C3=C=CC(C(F)(F)F)=CC3OC)c2)ccc1CCC(=O)O. The normalized spacial score (nSPS) is 15.2. The highest BCUT2D eigenvalue weighted by Gasteiger charge is 2.35. The molecule has 0 aliphatic heterocycles. The summed E-state index contributed by atoms with van der Waals surface area (Å²) in [7, 11) is 1.22. The second-order valence-corrected chi connectivity index (χ2v) is 8.09. The number of carbonyl (C=O) groups is 2. The van der Waals surface area contributed by atoms with Crippen LogP contribution in [0.4, 0.5) is 13.2 Å². The maximum atomic E-state index is 12.9. The molecule has 190 valence electrons. The molecule has 0 spiro atoms. The van der Waals surface area contributed by atoms with Gasteiger partial charge in [-0.3, -0.25) is 9.59 Å². The van der Waals surface area contributed by atoms with Crippen molar-refractivity contribution in [2.24, 2.45) is 0 Å². The molecule has 1 aliphatic rings. The van der Waals surface area contributed by atoms with Crippen molar-refractivity contribution in [3.8, 4) is 11.5 Å². The second-order valence-electron chi connectivity index (χ2n) is 8.09. The number of nitrogens with one attached hydrogen (secondary N) is 1. The summed E-state index contributed by atoms with van der Waals surface area (Å²) in [6, 6.07) is 12.5. The van der Waals surface area contributed by atoms with Gasteiger partial charge in [0.05, 0.1) is 11.1 Å². The topological polar surface area (TPSA) is 84.9 Å². The molecule has 2 aromatic carbocycles. The predicted molar refractivity (Wildman–Crippen MR) is 127 cm³/mol. The number of methoxy groups -OCH3 is 1. The number of allylic oxidation sites excluding steroid dienone is 1. The van der Waals surface area contributed by atoms with Crippen LogP contribution in [0.5, 0.6) is 11.5 Å². The highest BCUT2D eigenvalue weighted by molar-refractivity contribution is 5.95. The van der Waals surface area contributed by atoms with Crippen molar-refractivity contribution in [3.63, 3.8) is 0 Å². The Morgan fingerprint density at radius 2 is 1.86 bits per heavy atom. The van der Waals surface area contributed by atoms with Crippen LogP contribution in [0.3, 0.4) is 0 Å². The molecule has 0 heterocycles. The van der Waals surface area contributed by atoms with Crippen molar-refractivity contribution in [2.45, 2.75) is 45.0 Å². The van der Waals surface area contributed by atoms with E-state index in [0.717, 1.165) is 35.3 Å². The summed E-state index contributed by atoms with van der Waals surface area (Å²) in [4.78, 5) is 23.5. The largest absolute Gasteiger partial charge is 0.481 e. The second kappa shape index (κ2) is 11.7. The number of benzene rings is 2. The van der Waals surface area contributed by atoms with Crippen molar-refractivity contribution >= 4 is 11.9 Å². The Balaban J connectivity index is 1.66. The van der Waals surface area contributed by atoms with Crippen LogP contribution in [0.15, 0.2) is 71.5 Å². The minimum atomic E-state index is -4.55. The lowest BCUT2D eigenvalue weighted by molar-refractivity contribution is -0.137. The van der Waals surface area contributed by atoms with Crippen LogP contribution in [0.1, 0.15) is 30.0 Å². The fourth-order valence-corrected chi connectivity index (χ4v) is 3.70. The molecular weight excluding hydrogens is 475 g/mol. The molecule has 9 heteroatoms. The van der Waals surface area contributed by atoms with Crippen molar-refractivity contribution in [2.75, 3.05) is 7.11 Å². The van der Waals surface area contributed by atoms with E-state index in [2.05, 4.69) is 11.0 Å². The zero-order valence-electron chi connectivity index (χ0n) is 19.8. The van der Waals surface area contributed by atoms with Crippen molar-refractivity contribution in [1.29, 1.82) is 0 Å². The maximum absolute atomic E-state index is 12.9. The molecule has 0 radical (unpaired) electrons. The highest BCUT2D eigenvalue weighted by atomic mass is 19.4. The molecule has 2 N–H and O–H groups in total. The molecule has 36 heavy (non-hydrogen) atoms. The maximum Gasteiger partial charge on any atom is 0.416 e. The molecule has 2 aromatic rings. The average molecular weight is 502 g/mol. The third kappa shape index (κ3) is 7.10. The summed E-state index contributed by atoms with van der Waals surface area (Å²) < 4.78 is 49.8. The average Bonchev–Trinajstić information content (AvgIpc) is 2.85. The molecule has 3 rings (SSSR count). The zero-order chi connectivity index (χ0) is 26.3. The quantitative estimate of drug-likeness (QED) is 0.433. The molecule has 0 fully saturated rings. The Morgan fingerprint density at radius 1 is 1.11 bits per heavy atom. The molecule has 0 bridgehead atoms. The molecular formula is C27H26F3NO5. The Bertz CT molecular complexity index is 1230. The number of alkyl halides is 3. The standard InChI is InChI=1S/C27H26F3NO5/c1-3-18-14-22(10-7-19(18)8-12-25(32)33)36-21-6-4-5-17(13-21)16-31-26(34)23-11-9-20(27(28,29)30)15-24(23)35-2/h4-7,9-10,13-15,24H,3,8,12,16H2,1-2H3,(H,31,34)(H,32,33). The van der Waals surface area contributed by atoms with Gasteiger partial charge in [-0.1, -0.05) is 25.1 Å². The highest BCUT2D eigenvalue weighted by Crippen LogP contribution is 2.30. The van der Waals surface area contributed by atoms with Gasteiger partial charge in [0.1, 0.15) is 17.6 Å². The summed E-state index contributed by atoms with van der Waals surface area (Å²) in [5.74, 6) is -0.310. The first-order valence-electron chi connectivity index (χ1n) is 11.3. The van der Waals surface area contributed by atoms with Gasteiger partial charge < -0.3 is 19.9 Å². The van der Waals surface area contributed by atoms with Gasteiger partial charge in [0.2, 0.25) is 0 Å². The van der Waals surface area contributed by atoms with Crippen LogP contribution >= 0.6 is 0 Å². The molecule has 1 amide bonds. The van der Waals surface area contributed by atoms with E-state index in [1.807, 2.05) is 19.1 Å². The van der Waals surface area contributed by atoms with Gasteiger partial charge in [0.25, 0.3) is 5.91 Å². The summed E-state index contributed by atoms with van der Waals surface area (Å²) >= 11 is 0. The number of halogens is 3. The van der Waals surface area contributed by atoms with Gasteiger partial charge in [-0.15, -0.1) is 5.73 Å². The summed E-state index contributed by atoms with van der Waals surface area (Å²) in [6.07, 6.45) is -2.91. The number of amides is 1. The van der Waals surface area contributed by atoms with E-state index in [1.165, 1.54) is 7.11 Å². The first kappa shape index (κ1) is 26.8. The van der Waals surface area contributed by atoms with E-state index in [0.29, 0.717) is 17.9 Å². The number of aryl methyl sites for hydroxylation is 2. The number of carbonyl (C=O) groups excluding carboxylic acids is 1. The van der Waals surface area contributed by atoms with E-state index in [-0.39, 0.29) is 18.5 Å². The molecule has 1 aliphatic carbocycles. The predicted octanol–water partition coefficient (Wildman–Crippen LogP) is 5.27. The number of ether oxygens (including phenoxy) is 2. The number of aliphatic carboxylic acids is 1. The Hall–Kier alpha value is -3.81. The number of hydrogen-bond acceptors (Lipinski definition) is 4. The molecule has 0 saturated carbocycles. The minimum Gasteiger partial charge on any atom is -0.481 e. The number of rotatable bonds is 10. The van der Waals surface area contributed by atoms with Gasteiger partial charge in [-0.2, -0.15) is 13.2 Å². The fraction of sp³-hybridized carbons (Fsp3) is 0.296. The van der Waals surface area contributed by atoms with Gasteiger partial charge in [-0.25, -0.2) is 0 Å². The Labute approximate surface area is 206 Å². The first-order chi connectivity index (χ1) is 17.1. The molecule has 1 atom stereocenters. The van der Waals surface area contributed by atoms with Gasteiger partial charge in [0, 0.05) is 20.1 Å². The smallest absolute Gasteiger partial charge is 0.416 e. The zero-order valence-corrected chi connectivity index (χ0v) is 19.8. The van der Waals surface area contributed by atoms with E-state index >= 15 is 0 Å². The third-order valence-corrected chi connectivity index (χ3v) is 5.58. The lowest BCUT2D eigenvalue weighted by Gasteiger charge is -2.19. The van der Waals surface area contributed by atoms with Crippen LogP contribution in [0.25, 0.3) is 0 Å². The number of hydrogen-bond donors (Lipinski definition) is 2. The van der Waals surface area contributed by atoms with Gasteiger partial charge >= 0.3 is 12.1 Å². The molecule has 0 saturated heterocycles. The lowest BCUT2D eigenvalue weighted by Crippen LogP contribution is -2.31. The molecule has 1 unspecified atom stereocenters. The van der Waals surface area contributed by atoms with Crippen LogP contribution in [0.2, 0.25) is 0 Å². The van der Waals surface area contributed by atoms with Crippen LogP contribution in [0, 0.1) is 0 Å². The van der Waals surface area contributed by atoms with Crippen LogP contribution in [-0.2, 0) is 33.7 Å².